The van der Waals surface area contributed by atoms with Gasteiger partial charge in [0.15, 0.2) is 0 Å². The quantitative estimate of drug-likeness (QED) is 0.511. The van der Waals surface area contributed by atoms with Crippen molar-refractivity contribution < 1.29 is 55.9 Å². The molecule has 0 aliphatic heterocycles. The maximum absolute atomic E-state index is 11.7. The van der Waals surface area contributed by atoms with E-state index < -0.39 is 22.8 Å². The first-order valence-corrected chi connectivity index (χ1v) is 4.41. The summed E-state index contributed by atoms with van der Waals surface area (Å²) in [6.45, 7) is 0. The summed E-state index contributed by atoms with van der Waals surface area (Å²) < 4.78 is 59.2. The van der Waals surface area contributed by atoms with Crippen LogP contribution >= 0.6 is 0 Å². The predicted octanol–water partition coefficient (Wildman–Crippen LogP) is -0.743. The minimum Gasteiger partial charge on any atom is -0.420 e. The average molecular weight is 248 g/mol. The summed E-state index contributed by atoms with van der Waals surface area (Å²) in [4.78, 5) is -0.0977. The second-order valence-corrected chi connectivity index (χ2v) is 3.19. The molecule has 8 heteroatoms. The molecule has 0 saturated heterocycles. The molecule has 0 unspecified atom stereocenters. The third-order valence-electron chi connectivity index (χ3n) is 1.25. The van der Waals surface area contributed by atoms with E-state index in [9.17, 15) is 21.6 Å². The van der Waals surface area contributed by atoms with Crippen LogP contribution < -0.4 is 34.3 Å². The Hall–Kier alpha value is -0.240. The van der Waals surface area contributed by atoms with E-state index in [4.69, 9.17) is 0 Å². The Morgan fingerprint density at radius 3 is 1.87 bits per heavy atom. The smallest absolute Gasteiger partial charge is 0.420 e. The van der Waals surface area contributed by atoms with Crippen molar-refractivity contribution in [2.24, 2.45) is 0 Å². The molecule has 0 aliphatic rings. The van der Waals surface area contributed by atoms with E-state index >= 15 is 0 Å². The van der Waals surface area contributed by atoms with Gasteiger partial charge in [0, 0.05) is 0 Å². The van der Waals surface area contributed by atoms with Gasteiger partial charge in [-0.1, -0.05) is 17.0 Å². The van der Waals surface area contributed by atoms with Crippen LogP contribution in [-0.2, 0) is 19.1 Å². The zero-order valence-corrected chi connectivity index (χ0v) is 10.4. The van der Waals surface area contributed by atoms with Crippen LogP contribution in [0.2, 0.25) is 0 Å². The molecule has 15 heavy (non-hydrogen) atoms. The fourth-order valence-electron chi connectivity index (χ4n) is 0.752. The SMILES string of the molecule is O=[S-](=O)c1ccc(OC(F)(F)F)cc1.[Na+]. The number of alkyl halides is 3. The second-order valence-electron chi connectivity index (χ2n) is 2.25. The molecule has 1 aromatic carbocycles. The van der Waals surface area contributed by atoms with Crippen LogP contribution in [0.4, 0.5) is 13.2 Å². The Morgan fingerprint density at radius 2 is 1.53 bits per heavy atom. The van der Waals surface area contributed by atoms with Gasteiger partial charge in [-0.3, -0.25) is 0 Å². The van der Waals surface area contributed by atoms with Gasteiger partial charge in [-0.2, -0.15) is 0 Å². The molecule has 0 radical (unpaired) electrons. The summed E-state index contributed by atoms with van der Waals surface area (Å²) in [7, 11) is -2.45. The van der Waals surface area contributed by atoms with Crippen LogP contribution in [0, 0.1) is 0 Å². The number of rotatable bonds is 2. The van der Waals surface area contributed by atoms with Crippen molar-refractivity contribution in [2.75, 3.05) is 0 Å². The summed E-state index contributed by atoms with van der Waals surface area (Å²) in [5.41, 5.74) is 0. The Labute approximate surface area is 107 Å². The van der Waals surface area contributed by atoms with Crippen molar-refractivity contribution in [1.82, 2.24) is 0 Å². The van der Waals surface area contributed by atoms with Crippen molar-refractivity contribution in [2.45, 2.75) is 11.3 Å². The van der Waals surface area contributed by atoms with Gasteiger partial charge in [-0.15, -0.1) is 13.2 Å². The van der Waals surface area contributed by atoms with Crippen molar-refractivity contribution in [3.63, 3.8) is 0 Å². The Morgan fingerprint density at radius 1 is 1.07 bits per heavy atom. The molecule has 0 atom stereocenters. The molecule has 0 spiro atoms. The van der Waals surface area contributed by atoms with Gasteiger partial charge in [0.2, 0.25) is 0 Å². The fourth-order valence-corrected chi connectivity index (χ4v) is 1.11. The molecule has 0 aromatic heterocycles. The number of hydrogen-bond donors (Lipinski definition) is 0. The Balaban J connectivity index is 0.00000196. The Kier molecular flexibility index (Phi) is 5.65. The molecule has 3 nitrogen and oxygen atoms in total. The summed E-state index contributed by atoms with van der Waals surface area (Å²) in [5, 5.41) is 0. The largest absolute Gasteiger partial charge is 1.00 e. The van der Waals surface area contributed by atoms with E-state index in [1.165, 1.54) is 0 Å². The van der Waals surface area contributed by atoms with Gasteiger partial charge in [0.1, 0.15) is 5.75 Å². The van der Waals surface area contributed by atoms with E-state index in [1.807, 2.05) is 0 Å². The molecule has 0 aliphatic carbocycles. The molecular weight excluding hydrogens is 244 g/mol. The number of ether oxygens (including phenoxy) is 1. The van der Waals surface area contributed by atoms with Crippen molar-refractivity contribution in [3.05, 3.63) is 24.3 Å². The summed E-state index contributed by atoms with van der Waals surface area (Å²) in [6.07, 6.45) is -4.77. The minimum atomic E-state index is -4.77. The molecule has 0 fully saturated rings. The van der Waals surface area contributed by atoms with Crippen LogP contribution in [0.15, 0.2) is 29.2 Å². The molecule has 0 bridgehead atoms. The topological polar surface area (TPSA) is 43.4 Å². The van der Waals surface area contributed by atoms with Crippen LogP contribution in [0.25, 0.3) is 0 Å². The van der Waals surface area contributed by atoms with Crippen molar-refractivity contribution >= 4 is 10.7 Å². The van der Waals surface area contributed by atoms with Crippen molar-refractivity contribution in [1.29, 1.82) is 0 Å². The molecule has 1 aromatic rings. The first-order chi connectivity index (χ1) is 6.38. The van der Waals surface area contributed by atoms with E-state index in [2.05, 4.69) is 4.74 Å². The molecule has 78 valence electrons. The maximum Gasteiger partial charge on any atom is 1.00 e. The first-order valence-electron chi connectivity index (χ1n) is 3.33. The van der Waals surface area contributed by atoms with Crippen LogP contribution in [0.1, 0.15) is 0 Å². The maximum atomic E-state index is 11.7. The minimum absolute atomic E-state index is 0. The van der Waals surface area contributed by atoms with Crippen LogP contribution in [0.5, 0.6) is 5.75 Å². The molecule has 0 saturated carbocycles. The normalized spacial score (nSPS) is 10.9. The van der Waals surface area contributed by atoms with E-state index in [0.717, 1.165) is 24.3 Å². The van der Waals surface area contributed by atoms with E-state index in [0.29, 0.717) is 0 Å². The third kappa shape index (κ3) is 5.41. The fraction of sp³-hybridized carbons (Fsp3) is 0.143. The summed E-state index contributed by atoms with van der Waals surface area (Å²) in [6, 6.07) is 3.89. The molecule has 0 amide bonds. The van der Waals surface area contributed by atoms with Crippen LogP contribution in [0.3, 0.4) is 0 Å². The van der Waals surface area contributed by atoms with Gasteiger partial charge < -0.3 is 13.2 Å². The molecule has 0 N–H and O–H groups in total. The van der Waals surface area contributed by atoms with Gasteiger partial charge in [0.05, 0.1) is 0 Å². The van der Waals surface area contributed by atoms with Gasteiger partial charge in [-0.05, 0) is 22.8 Å². The standard InChI is InChI=1S/C7H4F3O3S.Na/c8-7(9,10)13-5-1-3-6(4-2-5)14(11)12;/h1-4H;/q-1;+1. The second kappa shape index (κ2) is 5.74. The van der Waals surface area contributed by atoms with E-state index in [1.54, 1.807) is 0 Å². The zero-order valence-electron chi connectivity index (χ0n) is 7.58. The van der Waals surface area contributed by atoms with Gasteiger partial charge in [-0.25, -0.2) is 0 Å². The van der Waals surface area contributed by atoms with E-state index in [-0.39, 0.29) is 34.5 Å². The molecule has 1 rings (SSSR count). The monoisotopic (exact) mass is 248 g/mol. The Bertz CT molecular complexity index is 377. The van der Waals surface area contributed by atoms with Gasteiger partial charge in [0.25, 0.3) is 0 Å². The van der Waals surface area contributed by atoms with Crippen molar-refractivity contribution in [3.8, 4) is 5.75 Å². The average Bonchev–Trinajstić information content (AvgIpc) is 2.02. The van der Waals surface area contributed by atoms with Gasteiger partial charge >= 0.3 is 35.9 Å². The number of hydrogen-bond acceptors (Lipinski definition) is 4. The number of halogens is 3. The van der Waals surface area contributed by atoms with Crippen LogP contribution in [-0.4, -0.2) is 6.36 Å². The summed E-state index contributed by atoms with van der Waals surface area (Å²) >= 11 is 0. The molecule has 0 heterocycles. The zero-order chi connectivity index (χ0) is 10.8. The number of benzene rings is 1. The third-order valence-corrected chi connectivity index (χ3v) is 1.91. The first kappa shape index (κ1) is 14.8. The predicted molar refractivity (Wildman–Crippen MR) is 40.1 cm³/mol. The summed E-state index contributed by atoms with van der Waals surface area (Å²) in [5.74, 6) is -0.452. The molecular formula is C7H4F3NaO3S.